The van der Waals surface area contributed by atoms with Gasteiger partial charge in [-0.05, 0) is 69.3 Å². The van der Waals surface area contributed by atoms with E-state index in [1.807, 2.05) is 52.5 Å². The van der Waals surface area contributed by atoms with Crippen LogP contribution in [0.15, 0.2) is 54.0 Å². The summed E-state index contributed by atoms with van der Waals surface area (Å²) in [6.07, 6.45) is 4.26. The lowest BCUT2D eigenvalue weighted by Gasteiger charge is -2.34. The Kier molecular flexibility index (Phi) is 5.59. The molecule has 3 heterocycles. The highest BCUT2D eigenvalue weighted by Gasteiger charge is 2.27. The predicted molar refractivity (Wildman–Crippen MR) is 115 cm³/mol. The van der Waals surface area contributed by atoms with Gasteiger partial charge in [-0.2, -0.15) is 0 Å². The third-order valence-electron chi connectivity index (χ3n) is 5.44. The van der Waals surface area contributed by atoms with E-state index in [-0.39, 0.29) is 5.91 Å². The normalized spacial score (nSPS) is 15.8. The van der Waals surface area contributed by atoms with Crippen LogP contribution in [-0.2, 0) is 0 Å². The van der Waals surface area contributed by atoms with Crippen LogP contribution in [0.2, 0.25) is 0 Å². The monoisotopic (exact) mass is 394 g/mol. The molecule has 3 aromatic rings. The van der Waals surface area contributed by atoms with Crippen molar-refractivity contribution in [1.29, 1.82) is 0 Å². The van der Waals surface area contributed by atoms with Crippen LogP contribution in [-0.4, -0.2) is 39.7 Å². The summed E-state index contributed by atoms with van der Waals surface area (Å²) in [6, 6.07) is 14.4. The first-order chi connectivity index (χ1) is 13.6. The van der Waals surface area contributed by atoms with E-state index in [9.17, 15) is 4.79 Å². The van der Waals surface area contributed by atoms with E-state index in [1.54, 1.807) is 0 Å². The van der Waals surface area contributed by atoms with Crippen LogP contribution >= 0.6 is 11.3 Å². The van der Waals surface area contributed by atoms with Crippen LogP contribution in [0.4, 0.5) is 5.82 Å². The molecule has 0 atom stereocenters. The van der Waals surface area contributed by atoms with E-state index < -0.39 is 0 Å². The molecule has 1 N–H and O–H groups in total. The summed E-state index contributed by atoms with van der Waals surface area (Å²) >= 11 is 1.45. The summed E-state index contributed by atoms with van der Waals surface area (Å²) in [5, 5.41) is 9.71. The number of hydrogen-bond acceptors (Lipinski definition) is 4. The number of amides is 1. The Morgan fingerprint density at radius 2 is 1.89 bits per heavy atom. The minimum atomic E-state index is -0.0887. The van der Waals surface area contributed by atoms with Gasteiger partial charge in [0.1, 0.15) is 0 Å². The van der Waals surface area contributed by atoms with Crippen LogP contribution in [0.3, 0.4) is 0 Å². The summed E-state index contributed by atoms with van der Waals surface area (Å²) in [5.41, 5.74) is 2.14. The predicted octanol–water partition coefficient (Wildman–Crippen LogP) is 4.77. The van der Waals surface area contributed by atoms with Crippen molar-refractivity contribution in [2.24, 2.45) is 0 Å². The third-order valence-corrected chi connectivity index (χ3v) is 6.31. The van der Waals surface area contributed by atoms with Crippen LogP contribution in [0.5, 0.6) is 0 Å². The second-order valence-corrected chi connectivity index (χ2v) is 8.50. The van der Waals surface area contributed by atoms with Crippen molar-refractivity contribution >= 4 is 23.1 Å². The van der Waals surface area contributed by atoms with Gasteiger partial charge in [0.2, 0.25) is 0 Å². The van der Waals surface area contributed by atoms with Gasteiger partial charge in [0.15, 0.2) is 5.82 Å². The van der Waals surface area contributed by atoms with Gasteiger partial charge in [-0.15, -0.1) is 16.4 Å². The number of nitrogens with one attached hydrogen (secondary N) is 1. The number of aromatic nitrogens is 2. The molecule has 1 amide bonds. The zero-order valence-corrected chi connectivity index (χ0v) is 17.2. The molecule has 4 rings (SSSR count). The number of anilines is 1. The molecule has 0 bridgehead atoms. The first-order valence-corrected chi connectivity index (χ1v) is 10.7. The van der Waals surface area contributed by atoms with E-state index in [0.29, 0.717) is 22.7 Å². The number of piperidine rings is 1. The molecule has 28 heavy (non-hydrogen) atoms. The summed E-state index contributed by atoms with van der Waals surface area (Å²) in [5.74, 6) is 1.01. The van der Waals surface area contributed by atoms with Crippen molar-refractivity contribution < 1.29 is 4.79 Å². The molecular formula is C22H26N4OS. The molecule has 1 aromatic carbocycles. The molecule has 0 saturated carbocycles. The Balaban J connectivity index is 1.62. The highest BCUT2D eigenvalue weighted by molar-refractivity contribution is 7.12. The van der Waals surface area contributed by atoms with Crippen molar-refractivity contribution in [2.45, 2.75) is 38.6 Å². The lowest BCUT2D eigenvalue weighted by Crippen LogP contribution is -2.37. The molecule has 0 aliphatic carbocycles. The first kappa shape index (κ1) is 18.9. The summed E-state index contributed by atoms with van der Waals surface area (Å²) in [7, 11) is 0. The van der Waals surface area contributed by atoms with Crippen LogP contribution in [0, 0.1) is 0 Å². The fraction of sp³-hybridized carbons (Fsp3) is 0.364. The molecule has 1 fully saturated rings. The van der Waals surface area contributed by atoms with Crippen LogP contribution < -0.4 is 5.32 Å². The standard InChI is InChI=1S/C22H26N4OS/c1-16(2)25-12-10-17(11-13-25)19-15-26(18-7-4-3-5-8-18)24-21(19)23-22(27)20-9-6-14-28-20/h3-9,14-17H,10-13H2,1-2H3,(H,23,24,27). The molecule has 2 aromatic heterocycles. The topological polar surface area (TPSA) is 50.2 Å². The molecule has 1 saturated heterocycles. The van der Waals surface area contributed by atoms with E-state index in [2.05, 4.69) is 30.3 Å². The minimum Gasteiger partial charge on any atom is -0.304 e. The van der Waals surface area contributed by atoms with Crippen molar-refractivity contribution in [1.82, 2.24) is 14.7 Å². The maximum atomic E-state index is 12.6. The van der Waals surface area contributed by atoms with Gasteiger partial charge >= 0.3 is 0 Å². The van der Waals surface area contributed by atoms with Gasteiger partial charge in [0, 0.05) is 17.8 Å². The fourth-order valence-electron chi connectivity index (χ4n) is 3.80. The Morgan fingerprint density at radius 1 is 1.14 bits per heavy atom. The van der Waals surface area contributed by atoms with Crippen LogP contribution in [0.1, 0.15) is 47.8 Å². The molecule has 0 unspecified atom stereocenters. The molecule has 5 nitrogen and oxygen atoms in total. The zero-order valence-electron chi connectivity index (χ0n) is 16.3. The van der Waals surface area contributed by atoms with Crippen molar-refractivity contribution in [2.75, 3.05) is 18.4 Å². The Bertz CT molecular complexity index is 909. The molecule has 0 spiro atoms. The average molecular weight is 395 g/mol. The van der Waals surface area contributed by atoms with Gasteiger partial charge < -0.3 is 10.2 Å². The van der Waals surface area contributed by atoms with Crippen molar-refractivity contribution in [3.05, 3.63) is 64.5 Å². The fourth-order valence-corrected chi connectivity index (χ4v) is 4.42. The van der Waals surface area contributed by atoms with Crippen molar-refractivity contribution in [3.8, 4) is 5.69 Å². The Labute approximate surface area is 170 Å². The van der Waals surface area contributed by atoms with E-state index >= 15 is 0 Å². The van der Waals surface area contributed by atoms with E-state index in [0.717, 1.165) is 37.2 Å². The number of thiophene rings is 1. The highest BCUT2D eigenvalue weighted by Crippen LogP contribution is 2.34. The van der Waals surface area contributed by atoms with E-state index in [1.165, 1.54) is 11.3 Å². The molecule has 146 valence electrons. The highest BCUT2D eigenvalue weighted by atomic mass is 32.1. The number of para-hydroxylation sites is 1. The second-order valence-electron chi connectivity index (χ2n) is 7.55. The zero-order chi connectivity index (χ0) is 19.5. The lowest BCUT2D eigenvalue weighted by atomic mass is 9.90. The molecule has 1 aliphatic heterocycles. The van der Waals surface area contributed by atoms with Gasteiger partial charge in [0.25, 0.3) is 5.91 Å². The number of carbonyl (C=O) groups excluding carboxylic acids is 1. The number of benzene rings is 1. The smallest absolute Gasteiger partial charge is 0.266 e. The SMILES string of the molecule is CC(C)N1CCC(c2cn(-c3ccccc3)nc2NC(=O)c2cccs2)CC1. The van der Waals surface area contributed by atoms with Gasteiger partial charge in [-0.1, -0.05) is 24.3 Å². The average Bonchev–Trinajstić information content (AvgIpc) is 3.39. The number of nitrogens with zero attached hydrogens (tertiary/aromatic N) is 3. The summed E-state index contributed by atoms with van der Waals surface area (Å²) in [4.78, 5) is 15.9. The third kappa shape index (κ3) is 4.03. The van der Waals surface area contributed by atoms with Crippen molar-refractivity contribution in [3.63, 3.8) is 0 Å². The van der Waals surface area contributed by atoms with Crippen LogP contribution in [0.25, 0.3) is 5.69 Å². The molecule has 0 radical (unpaired) electrons. The quantitative estimate of drug-likeness (QED) is 0.678. The van der Waals surface area contributed by atoms with Gasteiger partial charge in [-0.3, -0.25) is 4.79 Å². The maximum absolute atomic E-state index is 12.6. The number of carbonyl (C=O) groups is 1. The first-order valence-electron chi connectivity index (χ1n) is 9.85. The second kappa shape index (κ2) is 8.29. The summed E-state index contributed by atoms with van der Waals surface area (Å²) < 4.78 is 1.88. The van der Waals surface area contributed by atoms with Gasteiger partial charge in [0.05, 0.1) is 10.6 Å². The molecule has 1 aliphatic rings. The lowest BCUT2D eigenvalue weighted by molar-refractivity contribution is 0.103. The number of rotatable bonds is 5. The molecule has 6 heteroatoms. The maximum Gasteiger partial charge on any atom is 0.266 e. The molecular weight excluding hydrogens is 368 g/mol. The van der Waals surface area contributed by atoms with E-state index in [4.69, 9.17) is 5.10 Å². The largest absolute Gasteiger partial charge is 0.304 e. The summed E-state index contributed by atoms with van der Waals surface area (Å²) in [6.45, 7) is 6.66. The Morgan fingerprint density at radius 3 is 2.54 bits per heavy atom. The minimum absolute atomic E-state index is 0.0887. The Hall–Kier alpha value is -2.44. The number of likely N-dealkylation sites (tertiary alicyclic amines) is 1. The van der Waals surface area contributed by atoms with Gasteiger partial charge in [-0.25, -0.2) is 4.68 Å². The number of hydrogen-bond donors (Lipinski definition) is 1.